The van der Waals surface area contributed by atoms with Crippen molar-refractivity contribution in [3.05, 3.63) is 71.1 Å². The van der Waals surface area contributed by atoms with Gasteiger partial charge in [0.15, 0.2) is 0 Å². The minimum atomic E-state index is -1.09. The Morgan fingerprint density at radius 1 is 1.04 bits per heavy atom. The largest absolute Gasteiger partial charge is 0.496 e. The number of hydrogen-bond acceptors (Lipinski definition) is 4. The number of ether oxygens (including phenoxy) is 1. The fourth-order valence-electron chi connectivity index (χ4n) is 2.50. The van der Waals surface area contributed by atoms with E-state index in [0.717, 1.165) is 5.56 Å². The van der Waals surface area contributed by atoms with E-state index in [1.165, 1.54) is 18.4 Å². The number of hydrogen-bond donors (Lipinski definition) is 2. The first kappa shape index (κ1) is 16.7. The second-order valence-electron chi connectivity index (χ2n) is 5.18. The van der Waals surface area contributed by atoms with Crippen LogP contribution in [0.25, 0.3) is 11.1 Å². The summed E-state index contributed by atoms with van der Waals surface area (Å²) in [6.07, 6.45) is 0. The van der Waals surface area contributed by atoms with E-state index >= 15 is 0 Å². The minimum absolute atomic E-state index is 0.0828. The van der Waals surface area contributed by atoms with Crippen molar-refractivity contribution >= 4 is 28.2 Å². The number of aromatic carboxylic acids is 1. The summed E-state index contributed by atoms with van der Waals surface area (Å²) < 4.78 is 5.18. The Balaban J connectivity index is 1.97. The number of thiophene rings is 1. The van der Waals surface area contributed by atoms with Crippen LogP contribution in [-0.2, 0) is 0 Å². The Morgan fingerprint density at radius 2 is 1.72 bits per heavy atom. The van der Waals surface area contributed by atoms with E-state index < -0.39 is 11.9 Å². The van der Waals surface area contributed by atoms with Crippen LogP contribution >= 0.6 is 11.3 Å². The number of anilines is 1. The van der Waals surface area contributed by atoms with Crippen molar-refractivity contribution in [2.24, 2.45) is 0 Å². The normalized spacial score (nSPS) is 10.3. The zero-order valence-corrected chi connectivity index (χ0v) is 14.2. The van der Waals surface area contributed by atoms with Crippen LogP contribution in [0.4, 0.5) is 5.00 Å². The van der Waals surface area contributed by atoms with E-state index in [1.54, 1.807) is 29.6 Å². The number of carbonyl (C=O) groups excluding carboxylic acids is 1. The molecule has 5 nitrogen and oxygen atoms in total. The molecule has 6 heteroatoms. The maximum Gasteiger partial charge on any atom is 0.339 e. The highest BCUT2D eigenvalue weighted by Crippen LogP contribution is 2.36. The quantitative estimate of drug-likeness (QED) is 0.714. The van der Waals surface area contributed by atoms with Gasteiger partial charge >= 0.3 is 5.97 Å². The molecule has 0 bridgehead atoms. The molecule has 1 amide bonds. The lowest BCUT2D eigenvalue weighted by Gasteiger charge is -2.09. The predicted octanol–water partition coefficient (Wildman–Crippen LogP) is 4.37. The SMILES string of the molecule is COc1ccccc1C(=O)Nc1scc(-c2ccccc2)c1C(=O)O. The van der Waals surface area contributed by atoms with Gasteiger partial charge in [-0.25, -0.2) is 4.79 Å². The summed E-state index contributed by atoms with van der Waals surface area (Å²) in [5.74, 6) is -1.08. The smallest absolute Gasteiger partial charge is 0.339 e. The lowest BCUT2D eigenvalue weighted by Crippen LogP contribution is -2.14. The van der Waals surface area contributed by atoms with Gasteiger partial charge in [0.25, 0.3) is 5.91 Å². The average molecular weight is 353 g/mol. The molecule has 25 heavy (non-hydrogen) atoms. The van der Waals surface area contributed by atoms with Gasteiger partial charge in [0.1, 0.15) is 16.3 Å². The summed E-state index contributed by atoms with van der Waals surface area (Å²) in [7, 11) is 1.48. The Labute approximate surface area is 148 Å². The second kappa shape index (κ2) is 7.19. The number of carbonyl (C=O) groups is 2. The summed E-state index contributed by atoms with van der Waals surface area (Å²) in [5.41, 5.74) is 1.79. The highest BCUT2D eigenvalue weighted by Gasteiger charge is 2.22. The van der Waals surface area contributed by atoms with Crippen LogP contribution in [0.1, 0.15) is 20.7 Å². The number of benzene rings is 2. The maximum absolute atomic E-state index is 12.5. The van der Waals surface area contributed by atoms with Gasteiger partial charge in [-0.3, -0.25) is 4.79 Å². The van der Waals surface area contributed by atoms with Crippen LogP contribution in [0.15, 0.2) is 60.0 Å². The maximum atomic E-state index is 12.5. The number of rotatable bonds is 5. The van der Waals surface area contributed by atoms with Gasteiger partial charge in [-0.2, -0.15) is 0 Å². The van der Waals surface area contributed by atoms with Crippen LogP contribution in [0.3, 0.4) is 0 Å². The number of methoxy groups -OCH3 is 1. The Hall–Kier alpha value is -3.12. The molecule has 2 aromatic carbocycles. The molecule has 0 radical (unpaired) electrons. The molecule has 0 spiro atoms. The van der Waals surface area contributed by atoms with Crippen molar-refractivity contribution in [3.63, 3.8) is 0 Å². The molecule has 0 aliphatic carbocycles. The van der Waals surface area contributed by atoms with Crippen molar-refractivity contribution < 1.29 is 19.4 Å². The van der Waals surface area contributed by atoms with Crippen molar-refractivity contribution in [3.8, 4) is 16.9 Å². The van der Waals surface area contributed by atoms with E-state index in [0.29, 0.717) is 21.9 Å². The zero-order chi connectivity index (χ0) is 17.8. The zero-order valence-electron chi connectivity index (χ0n) is 13.4. The third-order valence-electron chi connectivity index (χ3n) is 3.67. The van der Waals surface area contributed by atoms with E-state index in [1.807, 2.05) is 30.3 Å². The Morgan fingerprint density at radius 3 is 2.40 bits per heavy atom. The highest BCUT2D eigenvalue weighted by molar-refractivity contribution is 7.15. The van der Waals surface area contributed by atoms with Crippen molar-refractivity contribution in [1.29, 1.82) is 0 Å². The first-order chi connectivity index (χ1) is 12.1. The lowest BCUT2D eigenvalue weighted by molar-refractivity contribution is 0.0699. The first-order valence-corrected chi connectivity index (χ1v) is 8.34. The molecule has 0 aliphatic heterocycles. The van der Waals surface area contributed by atoms with E-state index in [-0.39, 0.29) is 5.56 Å². The van der Waals surface area contributed by atoms with Crippen molar-refractivity contribution in [1.82, 2.24) is 0 Å². The van der Waals surface area contributed by atoms with E-state index in [2.05, 4.69) is 5.32 Å². The summed E-state index contributed by atoms with van der Waals surface area (Å²) in [6, 6.07) is 16.0. The van der Waals surface area contributed by atoms with E-state index in [9.17, 15) is 14.7 Å². The number of para-hydroxylation sites is 1. The molecule has 0 saturated heterocycles. The predicted molar refractivity (Wildman–Crippen MR) is 97.7 cm³/mol. The molecule has 0 fully saturated rings. The summed E-state index contributed by atoms with van der Waals surface area (Å²) in [6.45, 7) is 0. The standard InChI is InChI=1S/C19H15NO4S/c1-24-15-10-6-5-9-13(15)17(21)20-18-16(19(22)23)14(11-25-18)12-7-3-2-4-8-12/h2-11H,1H3,(H,20,21)(H,22,23). The van der Waals surface area contributed by atoms with Gasteiger partial charge in [0.2, 0.25) is 0 Å². The number of carboxylic acids is 1. The van der Waals surface area contributed by atoms with Crippen molar-refractivity contribution in [2.45, 2.75) is 0 Å². The van der Waals surface area contributed by atoms with Crippen LogP contribution in [0, 0.1) is 0 Å². The molecule has 1 heterocycles. The molecule has 3 aromatic rings. The van der Waals surface area contributed by atoms with Gasteiger partial charge in [0, 0.05) is 10.9 Å². The molecule has 0 aliphatic rings. The summed E-state index contributed by atoms with van der Waals surface area (Å²) in [4.78, 5) is 24.3. The van der Waals surface area contributed by atoms with Gasteiger partial charge in [-0.15, -0.1) is 11.3 Å². The third kappa shape index (κ3) is 3.39. The molecule has 2 N–H and O–H groups in total. The molecule has 0 unspecified atom stereocenters. The Bertz CT molecular complexity index is 918. The van der Waals surface area contributed by atoms with Gasteiger partial charge in [0.05, 0.1) is 12.7 Å². The van der Waals surface area contributed by atoms with Crippen LogP contribution in [0.2, 0.25) is 0 Å². The van der Waals surface area contributed by atoms with Gasteiger partial charge in [-0.05, 0) is 17.7 Å². The average Bonchev–Trinajstić information content (AvgIpc) is 3.06. The van der Waals surface area contributed by atoms with Gasteiger partial charge < -0.3 is 15.2 Å². The molecule has 3 rings (SSSR count). The van der Waals surface area contributed by atoms with Gasteiger partial charge in [-0.1, -0.05) is 42.5 Å². The summed E-state index contributed by atoms with van der Waals surface area (Å²) in [5, 5.41) is 14.3. The number of nitrogens with one attached hydrogen (secondary N) is 1. The number of amides is 1. The fraction of sp³-hybridized carbons (Fsp3) is 0.0526. The highest BCUT2D eigenvalue weighted by atomic mass is 32.1. The molecule has 126 valence electrons. The summed E-state index contributed by atoms with van der Waals surface area (Å²) >= 11 is 1.18. The minimum Gasteiger partial charge on any atom is -0.496 e. The lowest BCUT2D eigenvalue weighted by atomic mass is 10.0. The monoisotopic (exact) mass is 353 g/mol. The van der Waals surface area contributed by atoms with Crippen LogP contribution in [-0.4, -0.2) is 24.1 Å². The second-order valence-corrected chi connectivity index (χ2v) is 6.06. The van der Waals surface area contributed by atoms with Crippen LogP contribution < -0.4 is 10.1 Å². The van der Waals surface area contributed by atoms with Crippen LogP contribution in [0.5, 0.6) is 5.75 Å². The fourth-order valence-corrected chi connectivity index (χ4v) is 3.45. The third-order valence-corrected chi connectivity index (χ3v) is 4.56. The molecule has 0 atom stereocenters. The number of carboxylic acid groups (broad SMARTS) is 1. The Kier molecular flexibility index (Phi) is 4.81. The molecule has 1 aromatic heterocycles. The van der Waals surface area contributed by atoms with Crippen molar-refractivity contribution in [2.75, 3.05) is 12.4 Å². The first-order valence-electron chi connectivity index (χ1n) is 7.46. The molecular formula is C19H15NO4S. The topological polar surface area (TPSA) is 75.6 Å². The van der Waals surface area contributed by atoms with E-state index in [4.69, 9.17) is 4.74 Å². The molecular weight excluding hydrogens is 338 g/mol. The molecule has 0 saturated carbocycles.